The maximum absolute atomic E-state index is 12.8. The lowest BCUT2D eigenvalue weighted by Gasteiger charge is -2.24. The van der Waals surface area contributed by atoms with E-state index in [4.69, 9.17) is 0 Å². The van der Waals surface area contributed by atoms with Gasteiger partial charge in [-0.2, -0.15) is 0 Å². The van der Waals surface area contributed by atoms with Crippen LogP contribution in [0.1, 0.15) is 40.6 Å². The molecule has 1 amide bonds. The number of aryl methyl sites for hydroxylation is 2. The van der Waals surface area contributed by atoms with E-state index < -0.39 is 0 Å². The maximum Gasteiger partial charge on any atom is 0.263 e. The molecule has 1 heterocycles. The maximum atomic E-state index is 12.8. The Morgan fingerprint density at radius 3 is 2.73 bits per heavy atom. The number of amides is 1. The first-order valence-corrected chi connectivity index (χ1v) is 8.95. The van der Waals surface area contributed by atoms with Crippen molar-refractivity contribution in [3.8, 4) is 10.4 Å². The SMILES string of the molecule is CC(C1CC1)N(C)C(=O)c1cc2c(s1)-c1ccccc1CC2. The summed E-state index contributed by atoms with van der Waals surface area (Å²) in [6.07, 6.45) is 4.68. The molecule has 0 bridgehead atoms. The molecule has 3 heteroatoms. The summed E-state index contributed by atoms with van der Waals surface area (Å²) in [6.45, 7) is 2.18. The first-order chi connectivity index (χ1) is 10.6. The molecule has 1 saturated carbocycles. The first-order valence-electron chi connectivity index (χ1n) is 8.13. The van der Waals surface area contributed by atoms with Gasteiger partial charge in [0.15, 0.2) is 0 Å². The van der Waals surface area contributed by atoms with Gasteiger partial charge in [0.1, 0.15) is 0 Å². The predicted molar refractivity (Wildman–Crippen MR) is 91.4 cm³/mol. The van der Waals surface area contributed by atoms with E-state index >= 15 is 0 Å². The zero-order chi connectivity index (χ0) is 15.3. The van der Waals surface area contributed by atoms with Crippen LogP contribution < -0.4 is 0 Å². The Bertz CT molecular complexity index is 729. The predicted octanol–water partition coefficient (Wildman–Crippen LogP) is 4.38. The molecule has 114 valence electrons. The van der Waals surface area contributed by atoms with E-state index in [2.05, 4.69) is 37.3 Å². The van der Waals surface area contributed by atoms with Gasteiger partial charge in [0.25, 0.3) is 5.91 Å². The van der Waals surface area contributed by atoms with E-state index in [1.54, 1.807) is 11.3 Å². The fourth-order valence-electron chi connectivity index (χ4n) is 3.43. The quantitative estimate of drug-likeness (QED) is 0.823. The van der Waals surface area contributed by atoms with Gasteiger partial charge in [0.05, 0.1) is 4.88 Å². The second-order valence-electron chi connectivity index (χ2n) is 6.62. The number of hydrogen-bond acceptors (Lipinski definition) is 2. The van der Waals surface area contributed by atoms with E-state index in [0.717, 1.165) is 17.7 Å². The van der Waals surface area contributed by atoms with Crippen molar-refractivity contribution in [2.75, 3.05) is 7.05 Å². The Labute approximate surface area is 135 Å². The molecular weight excluding hydrogens is 290 g/mol. The standard InChI is InChI=1S/C19H21NOS/c1-12(13-7-8-13)20(2)19(21)17-11-15-10-9-14-5-3-4-6-16(14)18(15)22-17/h3-6,11-13H,7-10H2,1-2H3. The highest BCUT2D eigenvalue weighted by atomic mass is 32.1. The molecule has 4 rings (SSSR count). The first kappa shape index (κ1) is 14.0. The van der Waals surface area contributed by atoms with Gasteiger partial charge < -0.3 is 4.90 Å². The molecule has 2 aromatic rings. The third kappa shape index (κ3) is 2.28. The number of carbonyl (C=O) groups excluding carboxylic acids is 1. The molecule has 0 aliphatic heterocycles. The summed E-state index contributed by atoms with van der Waals surface area (Å²) in [5.74, 6) is 0.903. The molecule has 1 aromatic carbocycles. The topological polar surface area (TPSA) is 20.3 Å². The number of hydrogen-bond donors (Lipinski definition) is 0. The van der Waals surface area contributed by atoms with Gasteiger partial charge in [0, 0.05) is 18.0 Å². The highest BCUT2D eigenvalue weighted by Crippen LogP contribution is 2.40. The lowest BCUT2D eigenvalue weighted by atomic mass is 9.91. The molecule has 0 N–H and O–H groups in total. The largest absolute Gasteiger partial charge is 0.338 e. The average Bonchev–Trinajstić information content (AvgIpc) is 3.30. The van der Waals surface area contributed by atoms with E-state index in [1.807, 2.05) is 11.9 Å². The smallest absolute Gasteiger partial charge is 0.263 e. The molecule has 1 unspecified atom stereocenters. The summed E-state index contributed by atoms with van der Waals surface area (Å²) in [5.41, 5.74) is 4.08. The molecule has 1 atom stereocenters. The lowest BCUT2D eigenvalue weighted by molar-refractivity contribution is 0.0732. The number of fused-ring (bicyclic) bond motifs is 3. The molecule has 0 saturated heterocycles. The average molecular weight is 311 g/mol. The molecule has 0 radical (unpaired) electrons. The van der Waals surface area contributed by atoms with Crippen LogP contribution >= 0.6 is 11.3 Å². The summed E-state index contributed by atoms with van der Waals surface area (Å²) in [5, 5.41) is 0. The number of nitrogens with zero attached hydrogens (tertiary/aromatic N) is 1. The van der Waals surface area contributed by atoms with Crippen molar-refractivity contribution in [3.05, 3.63) is 46.3 Å². The van der Waals surface area contributed by atoms with Gasteiger partial charge in [-0.25, -0.2) is 0 Å². The highest BCUT2D eigenvalue weighted by Gasteiger charge is 2.33. The van der Waals surface area contributed by atoms with Gasteiger partial charge in [-0.3, -0.25) is 4.79 Å². The Kier molecular flexibility index (Phi) is 3.33. The third-order valence-corrected chi connectivity index (χ3v) is 6.38. The van der Waals surface area contributed by atoms with Crippen LogP contribution in [0.4, 0.5) is 0 Å². The van der Waals surface area contributed by atoms with Crippen LogP contribution in [0.25, 0.3) is 10.4 Å². The van der Waals surface area contributed by atoms with Gasteiger partial charge in [0.2, 0.25) is 0 Å². The summed E-state index contributed by atoms with van der Waals surface area (Å²) in [6, 6.07) is 11.1. The fraction of sp³-hybridized carbons (Fsp3) is 0.421. The fourth-order valence-corrected chi connectivity index (χ4v) is 4.68. The van der Waals surface area contributed by atoms with Gasteiger partial charge >= 0.3 is 0 Å². The molecule has 1 aromatic heterocycles. The Balaban J connectivity index is 1.65. The normalized spacial score (nSPS) is 17.5. The second kappa shape index (κ2) is 5.24. The van der Waals surface area contributed by atoms with Crippen molar-refractivity contribution in [2.45, 2.75) is 38.6 Å². The molecule has 22 heavy (non-hydrogen) atoms. The summed E-state index contributed by atoms with van der Waals surface area (Å²) >= 11 is 1.67. The Morgan fingerprint density at radius 2 is 1.95 bits per heavy atom. The molecule has 2 nitrogen and oxygen atoms in total. The van der Waals surface area contributed by atoms with E-state index in [0.29, 0.717) is 12.0 Å². The third-order valence-electron chi connectivity index (χ3n) is 5.18. The van der Waals surface area contributed by atoms with Crippen molar-refractivity contribution < 1.29 is 4.79 Å². The molecule has 2 aliphatic carbocycles. The summed E-state index contributed by atoms with van der Waals surface area (Å²) < 4.78 is 0. The minimum absolute atomic E-state index is 0.191. The number of carbonyl (C=O) groups is 1. The van der Waals surface area contributed by atoms with Crippen LogP contribution in [-0.2, 0) is 12.8 Å². The number of rotatable bonds is 3. The summed E-state index contributed by atoms with van der Waals surface area (Å²) in [4.78, 5) is 16.9. The van der Waals surface area contributed by atoms with Crippen molar-refractivity contribution in [1.82, 2.24) is 4.90 Å². The van der Waals surface area contributed by atoms with Crippen molar-refractivity contribution >= 4 is 17.2 Å². The van der Waals surface area contributed by atoms with E-state index in [9.17, 15) is 4.79 Å². The van der Waals surface area contributed by atoms with Crippen LogP contribution in [0, 0.1) is 5.92 Å². The van der Waals surface area contributed by atoms with Crippen LogP contribution in [-0.4, -0.2) is 23.9 Å². The van der Waals surface area contributed by atoms with Crippen LogP contribution in [0.3, 0.4) is 0 Å². The van der Waals surface area contributed by atoms with Crippen molar-refractivity contribution in [2.24, 2.45) is 5.92 Å². The Morgan fingerprint density at radius 1 is 1.23 bits per heavy atom. The number of thiophene rings is 1. The molecule has 1 fully saturated rings. The minimum Gasteiger partial charge on any atom is -0.338 e. The Hall–Kier alpha value is -1.61. The zero-order valence-corrected chi connectivity index (χ0v) is 14.0. The summed E-state index contributed by atoms with van der Waals surface area (Å²) in [7, 11) is 1.96. The number of benzene rings is 1. The van der Waals surface area contributed by atoms with Crippen molar-refractivity contribution in [1.29, 1.82) is 0 Å². The molecular formula is C19H21NOS. The molecule has 0 spiro atoms. The van der Waals surface area contributed by atoms with Crippen LogP contribution in [0.2, 0.25) is 0 Å². The second-order valence-corrected chi connectivity index (χ2v) is 7.67. The van der Waals surface area contributed by atoms with Crippen LogP contribution in [0.15, 0.2) is 30.3 Å². The van der Waals surface area contributed by atoms with E-state index in [1.165, 1.54) is 34.4 Å². The highest BCUT2D eigenvalue weighted by molar-refractivity contribution is 7.17. The monoisotopic (exact) mass is 311 g/mol. The van der Waals surface area contributed by atoms with Gasteiger partial charge in [-0.1, -0.05) is 24.3 Å². The van der Waals surface area contributed by atoms with E-state index in [-0.39, 0.29) is 5.91 Å². The van der Waals surface area contributed by atoms with Gasteiger partial charge in [-0.15, -0.1) is 11.3 Å². The lowest BCUT2D eigenvalue weighted by Crippen LogP contribution is -2.35. The van der Waals surface area contributed by atoms with Crippen molar-refractivity contribution in [3.63, 3.8) is 0 Å². The minimum atomic E-state index is 0.191. The molecule has 2 aliphatic rings. The zero-order valence-electron chi connectivity index (χ0n) is 13.1. The van der Waals surface area contributed by atoms with Gasteiger partial charge in [-0.05, 0) is 61.3 Å². The van der Waals surface area contributed by atoms with Crippen LogP contribution in [0.5, 0.6) is 0 Å².